The van der Waals surface area contributed by atoms with Crippen LogP contribution in [0.2, 0.25) is 10.0 Å². The number of aryl methyl sites for hydroxylation is 1. The van der Waals surface area contributed by atoms with Crippen molar-refractivity contribution in [3.63, 3.8) is 0 Å². The minimum absolute atomic E-state index is 0.204. The first kappa shape index (κ1) is 21.3. The second-order valence-corrected chi connectivity index (χ2v) is 6.98. The molecule has 0 aromatic heterocycles. The summed E-state index contributed by atoms with van der Waals surface area (Å²) in [5, 5.41) is 6.81. The van der Waals surface area contributed by atoms with E-state index in [1.54, 1.807) is 25.3 Å². The minimum atomic E-state index is -0.204. The molecule has 8 heteroatoms. The molecule has 2 rings (SSSR count). The smallest absolute Gasteiger partial charge is 0.226 e. The Hall–Kier alpha value is -2.02. The summed E-state index contributed by atoms with van der Waals surface area (Å²) in [6, 6.07) is 10.6. The molecule has 0 bridgehead atoms. The number of thiocarbonyl (C=S) groups is 1. The number of benzene rings is 2. The number of hydrogen-bond donors (Lipinski definition) is 2. The molecule has 0 aliphatic carbocycles. The Balaban J connectivity index is 1.75. The number of methoxy groups -OCH3 is 1. The molecule has 2 aromatic rings. The van der Waals surface area contributed by atoms with Gasteiger partial charge in [-0.25, -0.2) is 0 Å². The summed E-state index contributed by atoms with van der Waals surface area (Å²) in [7, 11) is 1.57. The van der Waals surface area contributed by atoms with E-state index in [-0.39, 0.29) is 17.4 Å². The highest BCUT2D eigenvalue weighted by molar-refractivity contribution is 7.80. The Morgan fingerprint density at radius 2 is 1.89 bits per heavy atom. The summed E-state index contributed by atoms with van der Waals surface area (Å²) in [6.07, 6.45) is 0.777. The van der Waals surface area contributed by atoms with Crippen LogP contribution in [0.4, 0.5) is 5.69 Å². The minimum Gasteiger partial charge on any atom is -0.495 e. The number of ether oxygens (including phenoxy) is 2. The molecule has 5 nitrogen and oxygen atoms in total. The fraction of sp³-hybridized carbons (Fsp3) is 0.263. The van der Waals surface area contributed by atoms with Gasteiger partial charge in [-0.15, -0.1) is 0 Å². The van der Waals surface area contributed by atoms with E-state index >= 15 is 0 Å². The normalized spacial score (nSPS) is 10.2. The number of anilines is 1. The Morgan fingerprint density at radius 1 is 1.15 bits per heavy atom. The highest BCUT2D eigenvalue weighted by atomic mass is 35.5. The van der Waals surface area contributed by atoms with Gasteiger partial charge in [-0.05, 0) is 61.5 Å². The van der Waals surface area contributed by atoms with Crippen molar-refractivity contribution in [2.75, 3.05) is 19.0 Å². The maximum atomic E-state index is 12.0. The Kier molecular flexibility index (Phi) is 8.16. The lowest BCUT2D eigenvalue weighted by atomic mass is 10.2. The number of halogens is 2. The third-order valence-corrected chi connectivity index (χ3v) is 4.29. The van der Waals surface area contributed by atoms with Crippen molar-refractivity contribution in [2.24, 2.45) is 0 Å². The number of rotatable bonds is 7. The molecule has 0 spiro atoms. The summed E-state index contributed by atoms with van der Waals surface area (Å²) in [6.45, 7) is 2.31. The monoisotopic (exact) mass is 426 g/mol. The number of carbonyl (C=O) groups is 1. The van der Waals surface area contributed by atoms with Gasteiger partial charge in [0.2, 0.25) is 5.91 Å². The van der Waals surface area contributed by atoms with Gasteiger partial charge in [-0.2, -0.15) is 0 Å². The van der Waals surface area contributed by atoms with Gasteiger partial charge in [-0.1, -0.05) is 29.3 Å². The van der Waals surface area contributed by atoms with Crippen LogP contribution >= 0.6 is 35.4 Å². The van der Waals surface area contributed by atoms with Crippen molar-refractivity contribution in [1.82, 2.24) is 5.32 Å². The van der Waals surface area contributed by atoms with Gasteiger partial charge >= 0.3 is 0 Å². The quantitative estimate of drug-likeness (QED) is 0.482. The summed E-state index contributed by atoms with van der Waals surface area (Å²) >= 11 is 17.1. The number of hydrogen-bond acceptors (Lipinski definition) is 4. The molecule has 0 aliphatic rings. The molecular weight excluding hydrogens is 407 g/mol. The number of carbonyl (C=O) groups excluding carboxylic acids is 1. The molecule has 2 N–H and O–H groups in total. The summed E-state index contributed by atoms with van der Waals surface area (Å²) < 4.78 is 10.8. The van der Waals surface area contributed by atoms with Gasteiger partial charge in [-0.3, -0.25) is 4.79 Å². The summed E-state index contributed by atoms with van der Waals surface area (Å²) in [5.41, 5.74) is 1.74. The first-order valence-electron chi connectivity index (χ1n) is 8.22. The molecule has 0 fully saturated rings. The van der Waals surface area contributed by atoms with E-state index in [0.29, 0.717) is 40.3 Å². The van der Waals surface area contributed by atoms with Gasteiger partial charge in [0.1, 0.15) is 11.5 Å². The van der Waals surface area contributed by atoms with Gasteiger partial charge < -0.3 is 20.1 Å². The summed E-state index contributed by atoms with van der Waals surface area (Å²) in [4.78, 5) is 12.0. The lowest BCUT2D eigenvalue weighted by Crippen LogP contribution is -2.34. The molecule has 0 heterocycles. The van der Waals surface area contributed by atoms with E-state index in [4.69, 9.17) is 44.9 Å². The zero-order valence-corrected chi connectivity index (χ0v) is 17.3. The van der Waals surface area contributed by atoms with Crippen LogP contribution in [0.5, 0.6) is 11.5 Å². The van der Waals surface area contributed by atoms with Crippen LogP contribution in [-0.4, -0.2) is 24.7 Å². The molecule has 2 aromatic carbocycles. The second-order valence-electron chi connectivity index (χ2n) is 5.73. The fourth-order valence-corrected chi connectivity index (χ4v) is 2.96. The molecule has 0 saturated heterocycles. The summed E-state index contributed by atoms with van der Waals surface area (Å²) in [5.74, 6) is 0.973. The molecule has 144 valence electrons. The van der Waals surface area contributed by atoms with E-state index < -0.39 is 0 Å². The molecule has 0 aliphatic heterocycles. The first-order chi connectivity index (χ1) is 12.9. The van der Waals surface area contributed by atoms with Gasteiger partial charge in [0.25, 0.3) is 0 Å². The average molecular weight is 427 g/mol. The van der Waals surface area contributed by atoms with E-state index in [1.165, 1.54) is 0 Å². The van der Waals surface area contributed by atoms with Crippen LogP contribution in [0, 0.1) is 6.92 Å². The lowest BCUT2D eigenvalue weighted by Gasteiger charge is -2.13. The van der Waals surface area contributed by atoms with Crippen LogP contribution in [0.1, 0.15) is 18.4 Å². The van der Waals surface area contributed by atoms with Crippen LogP contribution in [0.3, 0.4) is 0 Å². The molecule has 0 saturated carbocycles. The fourth-order valence-electron chi connectivity index (χ4n) is 2.27. The van der Waals surface area contributed by atoms with Crippen LogP contribution in [0.25, 0.3) is 0 Å². The van der Waals surface area contributed by atoms with Crippen LogP contribution in [-0.2, 0) is 4.79 Å². The molecule has 0 radical (unpaired) electrons. The van der Waals surface area contributed by atoms with Crippen molar-refractivity contribution in [2.45, 2.75) is 19.8 Å². The highest BCUT2D eigenvalue weighted by Crippen LogP contribution is 2.27. The average Bonchev–Trinajstić information content (AvgIpc) is 2.60. The van der Waals surface area contributed by atoms with Crippen molar-refractivity contribution in [3.8, 4) is 11.5 Å². The van der Waals surface area contributed by atoms with Gasteiger partial charge in [0, 0.05) is 11.4 Å². The van der Waals surface area contributed by atoms with E-state index in [1.807, 2.05) is 25.1 Å². The molecule has 0 atom stereocenters. The van der Waals surface area contributed by atoms with E-state index in [2.05, 4.69) is 10.6 Å². The predicted molar refractivity (Wildman–Crippen MR) is 113 cm³/mol. The number of amides is 1. The Labute approximate surface area is 173 Å². The maximum Gasteiger partial charge on any atom is 0.226 e. The zero-order chi connectivity index (χ0) is 19.8. The second kappa shape index (κ2) is 10.3. The maximum absolute atomic E-state index is 12.0. The van der Waals surface area contributed by atoms with Crippen molar-refractivity contribution < 1.29 is 14.3 Å². The SMILES string of the molecule is COc1ccc(C)cc1NC(=S)NC(=O)CCCOc1ccc(Cl)cc1Cl. The van der Waals surface area contributed by atoms with E-state index in [9.17, 15) is 4.79 Å². The highest BCUT2D eigenvalue weighted by Gasteiger charge is 2.09. The van der Waals surface area contributed by atoms with E-state index in [0.717, 1.165) is 5.56 Å². The zero-order valence-electron chi connectivity index (χ0n) is 15.0. The largest absolute Gasteiger partial charge is 0.495 e. The van der Waals surface area contributed by atoms with Crippen LogP contribution < -0.4 is 20.1 Å². The Morgan fingerprint density at radius 3 is 2.59 bits per heavy atom. The predicted octanol–water partition coefficient (Wildman–Crippen LogP) is 4.98. The third-order valence-electron chi connectivity index (χ3n) is 3.56. The molecule has 27 heavy (non-hydrogen) atoms. The third kappa shape index (κ3) is 6.90. The first-order valence-corrected chi connectivity index (χ1v) is 9.39. The number of nitrogens with one attached hydrogen (secondary N) is 2. The van der Waals surface area contributed by atoms with Crippen molar-refractivity contribution >= 4 is 52.1 Å². The van der Waals surface area contributed by atoms with Crippen LogP contribution in [0.15, 0.2) is 36.4 Å². The molecule has 1 amide bonds. The lowest BCUT2D eigenvalue weighted by molar-refractivity contribution is -0.119. The molecular formula is C19H20Cl2N2O3S. The molecule has 0 unspecified atom stereocenters. The van der Waals surface area contributed by atoms with Gasteiger partial charge in [0.05, 0.1) is 24.4 Å². The Bertz CT molecular complexity index is 831. The standard InChI is InChI=1S/C19H20Cl2N2O3S/c1-12-5-7-17(25-2)15(10-12)22-19(27)23-18(24)4-3-9-26-16-8-6-13(20)11-14(16)21/h5-8,10-11H,3-4,9H2,1-2H3,(H2,22,23,24,27). The van der Waals surface area contributed by atoms with Crippen molar-refractivity contribution in [1.29, 1.82) is 0 Å². The van der Waals surface area contributed by atoms with Gasteiger partial charge in [0.15, 0.2) is 5.11 Å². The van der Waals surface area contributed by atoms with Crippen molar-refractivity contribution in [3.05, 3.63) is 52.0 Å². The topological polar surface area (TPSA) is 59.6 Å².